The summed E-state index contributed by atoms with van der Waals surface area (Å²) in [4.78, 5) is 32.1. The van der Waals surface area contributed by atoms with Crippen LogP contribution in [0.4, 0.5) is 0 Å². The number of nitrogens with zero attached hydrogens (tertiary/aromatic N) is 2. The van der Waals surface area contributed by atoms with Crippen molar-refractivity contribution in [3.63, 3.8) is 0 Å². The Morgan fingerprint density at radius 3 is 2.65 bits per heavy atom. The molecule has 0 saturated heterocycles. The molecule has 0 amide bonds. The number of ether oxygens (including phenoxy) is 1. The van der Waals surface area contributed by atoms with Gasteiger partial charge in [-0.2, -0.15) is 0 Å². The molecule has 0 aliphatic carbocycles. The molecule has 0 unspecified atom stereocenters. The fourth-order valence-electron chi connectivity index (χ4n) is 2.42. The van der Waals surface area contributed by atoms with Gasteiger partial charge in [-0.15, -0.1) is 0 Å². The molecule has 0 spiro atoms. The molecule has 8 heteroatoms. The minimum absolute atomic E-state index is 0.0142. The van der Waals surface area contributed by atoms with Gasteiger partial charge in [0.25, 0.3) is 0 Å². The molecular formula is C18H16N2O5S. The van der Waals surface area contributed by atoms with Gasteiger partial charge >= 0.3 is 11.6 Å². The number of aryl methyl sites for hydroxylation is 2. The van der Waals surface area contributed by atoms with Crippen molar-refractivity contribution in [3.05, 3.63) is 57.7 Å². The van der Waals surface area contributed by atoms with Crippen LogP contribution >= 0.6 is 11.8 Å². The van der Waals surface area contributed by atoms with Gasteiger partial charge in [0.05, 0.1) is 5.75 Å². The lowest BCUT2D eigenvalue weighted by atomic mass is 10.1. The first-order valence-corrected chi connectivity index (χ1v) is 8.76. The van der Waals surface area contributed by atoms with Crippen molar-refractivity contribution in [1.82, 2.24) is 9.97 Å². The molecule has 1 aromatic carbocycles. The number of esters is 1. The molecule has 3 rings (SSSR count). The standard InChI is InChI=1S/C18H16N2O5S/c1-10-5-11(2)20-18(19-10)26-9-17(23)24-8-12-6-16(22)25-15-7-13(21)3-4-14(12)15/h3-7,21H,8-9H2,1-2H3. The molecular weight excluding hydrogens is 356 g/mol. The highest BCUT2D eigenvalue weighted by Gasteiger charge is 2.11. The summed E-state index contributed by atoms with van der Waals surface area (Å²) >= 11 is 1.19. The Kier molecular flexibility index (Phi) is 5.22. The molecule has 0 radical (unpaired) electrons. The van der Waals surface area contributed by atoms with Crippen LogP contribution < -0.4 is 5.63 Å². The maximum absolute atomic E-state index is 12.0. The van der Waals surface area contributed by atoms with Crippen molar-refractivity contribution in [2.75, 3.05) is 5.75 Å². The van der Waals surface area contributed by atoms with Crippen LogP contribution in [-0.4, -0.2) is 26.8 Å². The number of phenolic OH excluding ortho intramolecular Hbond substituents is 1. The van der Waals surface area contributed by atoms with Crippen LogP contribution in [0.2, 0.25) is 0 Å². The van der Waals surface area contributed by atoms with Crippen LogP contribution in [0.5, 0.6) is 5.75 Å². The maximum Gasteiger partial charge on any atom is 0.336 e. The molecule has 26 heavy (non-hydrogen) atoms. The van der Waals surface area contributed by atoms with Gasteiger partial charge in [-0.05, 0) is 32.0 Å². The van der Waals surface area contributed by atoms with E-state index in [2.05, 4.69) is 9.97 Å². The normalized spacial score (nSPS) is 10.8. The summed E-state index contributed by atoms with van der Waals surface area (Å²) in [6.45, 7) is 3.65. The second kappa shape index (κ2) is 7.57. The maximum atomic E-state index is 12.0. The van der Waals surface area contributed by atoms with E-state index >= 15 is 0 Å². The number of rotatable bonds is 5. The van der Waals surface area contributed by atoms with Gasteiger partial charge in [0, 0.05) is 34.5 Å². The van der Waals surface area contributed by atoms with E-state index in [-0.39, 0.29) is 23.7 Å². The number of carbonyl (C=O) groups is 1. The molecule has 3 aromatic rings. The molecule has 1 N–H and O–H groups in total. The Labute approximate surface area is 153 Å². The molecule has 0 bridgehead atoms. The first-order valence-electron chi connectivity index (χ1n) is 7.77. The van der Waals surface area contributed by atoms with Gasteiger partial charge in [-0.25, -0.2) is 14.8 Å². The monoisotopic (exact) mass is 372 g/mol. The van der Waals surface area contributed by atoms with Gasteiger partial charge < -0.3 is 14.3 Å². The first-order chi connectivity index (χ1) is 12.4. The number of benzene rings is 1. The Morgan fingerprint density at radius 2 is 1.92 bits per heavy atom. The first kappa shape index (κ1) is 17.9. The average Bonchev–Trinajstić information content (AvgIpc) is 2.56. The van der Waals surface area contributed by atoms with E-state index in [0.717, 1.165) is 11.4 Å². The Hall–Kier alpha value is -2.87. The van der Waals surface area contributed by atoms with Gasteiger partial charge in [0.1, 0.15) is 17.9 Å². The fourth-order valence-corrected chi connectivity index (χ4v) is 3.17. The molecule has 0 fully saturated rings. The highest BCUT2D eigenvalue weighted by molar-refractivity contribution is 7.99. The minimum Gasteiger partial charge on any atom is -0.508 e. The van der Waals surface area contributed by atoms with E-state index in [1.165, 1.54) is 30.0 Å². The lowest BCUT2D eigenvalue weighted by Crippen LogP contribution is -2.10. The third-order valence-electron chi connectivity index (χ3n) is 3.48. The summed E-state index contributed by atoms with van der Waals surface area (Å²) in [5.41, 5.74) is 1.84. The van der Waals surface area contributed by atoms with E-state index in [0.29, 0.717) is 16.1 Å². The summed E-state index contributed by atoms with van der Waals surface area (Å²) in [5.74, 6) is -0.402. The SMILES string of the molecule is Cc1cc(C)nc(SCC(=O)OCc2cc(=O)oc3cc(O)ccc23)n1. The van der Waals surface area contributed by atoms with Crippen LogP contribution in [0, 0.1) is 13.8 Å². The van der Waals surface area contributed by atoms with Crippen molar-refractivity contribution in [3.8, 4) is 5.75 Å². The topological polar surface area (TPSA) is 103 Å². The number of hydrogen-bond acceptors (Lipinski definition) is 8. The zero-order valence-corrected chi connectivity index (χ0v) is 15.0. The zero-order chi connectivity index (χ0) is 18.7. The van der Waals surface area contributed by atoms with Gasteiger partial charge in [-0.3, -0.25) is 4.79 Å². The second-order valence-corrected chi connectivity index (χ2v) is 6.60. The number of aromatic hydroxyl groups is 1. The minimum atomic E-state index is -0.577. The van der Waals surface area contributed by atoms with E-state index in [9.17, 15) is 14.7 Å². The lowest BCUT2D eigenvalue weighted by Gasteiger charge is -2.07. The predicted octanol–water partition coefficient (Wildman–Crippen LogP) is 2.74. The molecule has 0 saturated carbocycles. The largest absolute Gasteiger partial charge is 0.508 e. The zero-order valence-electron chi connectivity index (χ0n) is 14.2. The second-order valence-electron chi connectivity index (χ2n) is 5.65. The van der Waals surface area contributed by atoms with Crippen molar-refractivity contribution in [1.29, 1.82) is 0 Å². The van der Waals surface area contributed by atoms with E-state index < -0.39 is 11.6 Å². The summed E-state index contributed by atoms with van der Waals surface area (Å²) in [6, 6.07) is 7.55. The summed E-state index contributed by atoms with van der Waals surface area (Å²) < 4.78 is 10.3. The number of aromatic nitrogens is 2. The molecule has 2 heterocycles. The fraction of sp³-hybridized carbons (Fsp3) is 0.222. The molecule has 0 aliphatic rings. The molecule has 134 valence electrons. The van der Waals surface area contributed by atoms with E-state index in [1.54, 1.807) is 6.07 Å². The van der Waals surface area contributed by atoms with Crippen LogP contribution in [0.1, 0.15) is 17.0 Å². The quantitative estimate of drug-likeness (QED) is 0.316. The summed E-state index contributed by atoms with van der Waals surface area (Å²) in [5, 5.41) is 10.6. The van der Waals surface area contributed by atoms with Crippen molar-refractivity contribution in [2.24, 2.45) is 0 Å². The van der Waals surface area contributed by atoms with Gasteiger partial charge in [-0.1, -0.05) is 11.8 Å². The lowest BCUT2D eigenvalue weighted by molar-refractivity contribution is -0.141. The molecule has 2 aromatic heterocycles. The third kappa shape index (κ3) is 4.40. The van der Waals surface area contributed by atoms with E-state index in [4.69, 9.17) is 9.15 Å². The number of hydrogen-bond donors (Lipinski definition) is 1. The highest BCUT2D eigenvalue weighted by Crippen LogP contribution is 2.22. The summed E-state index contributed by atoms with van der Waals surface area (Å²) in [6.07, 6.45) is 0. The van der Waals surface area contributed by atoms with Gasteiger partial charge in [0.2, 0.25) is 0 Å². The van der Waals surface area contributed by atoms with E-state index in [1.807, 2.05) is 19.9 Å². The Bertz CT molecular complexity index is 1010. The summed E-state index contributed by atoms with van der Waals surface area (Å²) in [7, 11) is 0. The smallest absolute Gasteiger partial charge is 0.336 e. The Balaban J connectivity index is 1.66. The van der Waals surface area contributed by atoms with Crippen LogP contribution in [0.25, 0.3) is 11.0 Å². The Morgan fingerprint density at radius 1 is 1.19 bits per heavy atom. The molecule has 7 nitrogen and oxygen atoms in total. The van der Waals surface area contributed by atoms with Crippen LogP contribution in [0.15, 0.2) is 44.7 Å². The number of fused-ring (bicyclic) bond motifs is 1. The van der Waals surface area contributed by atoms with Crippen molar-refractivity contribution < 1.29 is 19.1 Å². The predicted molar refractivity (Wildman–Crippen MR) is 96.2 cm³/mol. The number of carbonyl (C=O) groups excluding carboxylic acids is 1. The molecule has 0 atom stereocenters. The highest BCUT2D eigenvalue weighted by atomic mass is 32.2. The van der Waals surface area contributed by atoms with Crippen molar-refractivity contribution in [2.45, 2.75) is 25.6 Å². The number of phenols is 1. The molecule has 0 aliphatic heterocycles. The average molecular weight is 372 g/mol. The van der Waals surface area contributed by atoms with Crippen molar-refractivity contribution >= 4 is 28.7 Å². The van der Waals surface area contributed by atoms with Crippen LogP contribution in [0.3, 0.4) is 0 Å². The number of thioether (sulfide) groups is 1. The van der Waals surface area contributed by atoms with Crippen LogP contribution in [-0.2, 0) is 16.1 Å². The third-order valence-corrected chi connectivity index (χ3v) is 4.30. The van der Waals surface area contributed by atoms with Gasteiger partial charge in [0.15, 0.2) is 5.16 Å².